The van der Waals surface area contributed by atoms with Gasteiger partial charge >= 0.3 is 5.97 Å². The molecule has 0 aliphatic carbocycles. The third-order valence-electron chi connectivity index (χ3n) is 4.96. The van der Waals surface area contributed by atoms with E-state index in [4.69, 9.17) is 13.9 Å². The zero-order valence-corrected chi connectivity index (χ0v) is 16.0. The number of furan rings is 1. The van der Waals surface area contributed by atoms with Gasteiger partial charge in [0, 0.05) is 30.3 Å². The third kappa shape index (κ3) is 3.17. The van der Waals surface area contributed by atoms with E-state index in [0.29, 0.717) is 46.7 Å². The molecule has 1 aliphatic rings. The van der Waals surface area contributed by atoms with Crippen LogP contribution in [-0.2, 0) is 4.74 Å². The van der Waals surface area contributed by atoms with Gasteiger partial charge in [-0.1, -0.05) is 18.2 Å². The Morgan fingerprint density at radius 2 is 2.03 bits per heavy atom. The van der Waals surface area contributed by atoms with Crippen LogP contribution in [-0.4, -0.2) is 49.3 Å². The molecule has 1 unspecified atom stereocenters. The average molecular weight is 396 g/mol. The van der Waals surface area contributed by atoms with Crippen LogP contribution in [0.15, 0.2) is 46.9 Å². The number of fused-ring (bicyclic) bond motifs is 2. The molecule has 2 heterocycles. The smallest absolute Gasteiger partial charge is 0.371 e. The predicted molar refractivity (Wildman–Crippen MR) is 105 cm³/mol. The largest absolute Gasteiger partial charge is 0.493 e. The molecule has 1 aromatic heterocycles. The van der Waals surface area contributed by atoms with Crippen molar-refractivity contribution in [2.24, 2.45) is 0 Å². The number of rotatable bonds is 6. The van der Waals surface area contributed by atoms with Crippen LogP contribution >= 0.6 is 0 Å². The molecule has 0 spiro atoms. The van der Waals surface area contributed by atoms with Crippen LogP contribution in [0.3, 0.4) is 0 Å². The van der Waals surface area contributed by atoms with Crippen molar-refractivity contribution in [3.63, 3.8) is 0 Å². The molecule has 0 radical (unpaired) electrons. The van der Waals surface area contributed by atoms with Gasteiger partial charge in [0.1, 0.15) is 6.17 Å². The Bertz CT molecular complexity index is 1090. The number of carbonyl (C=O) groups is 2. The zero-order valence-electron chi connectivity index (χ0n) is 16.0. The van der Waals surface area contributed by atoms with E-state index < -0.39 is 12.1 Å². The van der Waals surface area contributed by atoms with Gasteiger partial charge in [-0.25, -0.2) is 4.79 Å². The molecule has 150 valence electrons. The molecule has 0 saturated heterocycles. The number of amides is 1. The van der Waals surface area contributed by atoms with Gasteiger partial charge < -0.3 is 29.2 Å². The first-order valence-corrected chi connectivity index (χ1v) is 9.04. The fourth-order valence-corrected chi connectivity index (χ4v) is 3.58. The lowest BCUT2D eigenvalue weighted by Crippen LogP contribution is -2.44. The minimum Gasteiger partial charge on any atom is -0.493 e. The SMILES string of the molecule is COCCN1C(=O)c2ccccc2NC1c1ccc(OC)c2oc(C(=O)O)cc12. The summed E-state index contributed by atoms with van der Waals surface area (Å²) in [6, 6.07) is 12.2. The lowest BCUT2D eigenvalue weighted by molar-refractivity contribution is 0.0609. The van der Waals surface area contributed by atoms with E-state index in [9.17, 15) is 14.7 Å². The van der Waals surface area contributed by atoms with Gasteiger partial charge in [0.2, 0.25) is 5.76 Å². The lowest BCUT2D eigenvalue weighted by Gasteiger charge is -2.38. The first kappa shape index (κ1) is 18.8. The molecule has 4 rings (SSSR count). The molecular weight excluding hydrogens is 376 g/mol. The summed E-state index contributed by atoms with van der Waals surface area (Å²) < 4.78 is 16.0. The summed E-state index contributed by atoms with van der Waals surface area (Å²) >= 11 is 0. The van der Waals surface area contributed by atoms with Crippen LogP contribution in [0, 0.1) is 0 Å². The Kier molecular flexibility index (Phi) is 4.85. The number of nitrogens with zero attached hydrogens (tertiary/aromatic N) is 1. The minimum absolute atomic E-state index is 0.132. The van der Waals surface area contributed by atoms with Crippen molar-refractivity contribution in [2.75, 3.05) is 32.7 Å². The molecule has 0 bridgehead atoms. The number of benzene rings is 2. The van der Waals surface area contributed by atoms with Crippen LogP contribution in [0.2, 0.25) is 0 Å². The number of aromatic carboxylic acids is 1. The summed E-state index contributed by atoms with van der Waals surface area (Å²) in [4.78, 5) is 26.3. The van der Waals surface area contributed by atoms with E-state index in [1.807, 2.05) is 18.2 Å². The number of hydrogen-bond acceptors (Lipinski definition) is 6. The molecule has 29 heavy (non-hydrogen) atoms. The standard InChI is InChI=1S/C21H20N2O6/c1-27-10-9-23-19(22-15-6-4-3-5-13(15)20(23)24)12-7-8-16(28-2)18-14(12)11-17(29-18)21(25)26/h3-8,11,19,22H,9-10H2,1-2H3,(H,25,26). The van der Waals surface area contributed by atoms with Gasteiger partial charge in [-0.05, 0) is 24.3 Å². The normalized spacial score (nSPS) is 15.9. The number of carboxylic acid groups (broad SMARTS) is 1. The summed E-state index contributed by atoms with van der Waals surface area (Å²) in [5.74, 6) is -1.09. The van der Waals surface area contributed by atoms with E-state index >= 15 is 0 Å². The Morgan fingerprint density at radius 1 is 1.24 bits per heavy atom. The van der Waals surface area contributed by atoms with E-state index in [0.717, 1.165) is 0 Å². The van der Waals surface area contributed by atoms with E-state index in [2.05, 4.69) is 5.32 Å². The second-order valence-corrected chi connectivity index (χ2v) is 6.60. The molecule has 8 heteroatoms. The molecule has 2 aromatic carbocycles. The summed E-state index contributed by atoms with van der Waals surface area (Å²) in [6.45, 7) is 0.718. The Balaban J connectivity index is 1.88. The minimum atomic E-state index is -1.18. The lowest BCUT2D eigenvalue weighted by atomic mass is 10.0. The fraction of sp³-hybridized carbons (Fsp3) is 0.238. The summed E-state index contributed by atoms with van der Waals surface area (Å²) in [5, 5.41) is 13.3. The molecule has 3 aromatic rings. The Labute approximate surface area is 166 Å². The molecule has 0 saturated carbocycles. The van der Waals surface area contributed by atoms with Crippen LogP contribution in [0.1, 0.15) is 32.6 Å². The molecular formula is C21H20N2O6. The third-order valence-corrected chi connectivity index (χ3v) is 4.96. The number of methoxy groups -OCH3 is 2. The van der Waals surface area contributed by atoms with Gasteiger partial charge in [-0.2, -0.15) is 0 Å². The number of anilines is 1. The number of hydrogen-bond donors (Lipinski definition) is 2. The molecule has 1 amide bonds. The summed E-state index contributed by atoms with van der Waals surface area (Å²) in [7, 11) is 3.06. The molecule has 1 aliphatic heterocycles. The number of nitrogens with one attached hydrogen (secondary N) is 1. The highest BCUT2D eigenvalue weighted by Crippen LogP contribution is 2.39. The van der Waals surface area contributed by atoms with Crippen molar-refractivity contribution < 1.29 is 28.6 Å². The maximum atomic E-state index is 13.2. The van der Waals surface area contributed by atoms with Gasteiger partial charge in [0.05, 0.1) is 19.3 Å². The van der Waals surface area contributed by atoms with Crippen molar-refractivity contribution in [1.29, 1.82) is 0 Å². The zero-order chi connectivity index (χ0) is 20.5. The highest BCUT2D eigenvalue weighted by Gasteiger charge is 2.34. The average Bonchev–Trinajstić information content (AvgIpc) is 3.18. The summed E-state index contributed by atoms with van der Waals surface area (Å²) in [6.07, 6.45) is -0.528. The van der Waals surface area contributed by atoms with E-state index in [1.54, 1.807) is 30.2 Å². The van der Waals surface area contributed by atoms with E-state index in [1.165, 1.54) is 13.2 Å². The quantitative estimate of drug-likeness (QED) is 0.659. The highest BCUT2D eigenvalue weighted by atomic mass is 16.5. The Hall–Kier alpha value is -3.52. The van der Waals surface area contributed by atoms with Crippen molar-refractivity contribution >= 4 is 28.5 Å². The van der Waals surface area contributed by atoms with Gasteiger partial charge in [-0.3, -0.25) is 4.79 Å². The van der Waals surface area contributed by atoms with Gasteiger partial charge in [-0.15, -0.1) is 0 Å². The number of ether oxygens (including phenoxy) is 2. The van der Waals surface area contributed by atoms with Crippen LogP contribution < -0.4 is 10.1 Å². The van der Waals surface area contributed by atoms with Crippen LogP contribution in [0.5, 0.6) is 5.75 Å². The number of carbonyl (C=O) groups excluding carboxylic acids is 1. The van der Waals surface area contributed by atoms with Crippen molar-refractivity contribution in [2.45, 2.75) is 6.17 Å². The number of para-hydroxylation sites is 1. The predicted octanol–water partition coefficient (Wildman–Crippen LogP) is 3.35. The first-order chi connectivity index (χ1) is 14.0. The second-order valence-electron chi connectivity index (χ2n) is 6.60. The van der Waals surface area contributed by atoms with Gasteiger partial charge in [0.15, 0.2) is 11.3 Å². The first-order valence-electron chi connectivity index (χ1n) is 9.04. The molecule has 8 nitrogen and oxygen atoms in total. The van der Waals surface area contributed by atoms with E-state index in [-0.39, 0.29) is 11.7 Å². The number of carboxylic acids is 1. The van der Waals surface area contributed by atoms with Crippen molar-refractivity contribution in [3.05, 3.63) is 59.4 Å². The molecule has 1 atom stereocenters. The monoisotopic (exact) mass is 396 g/mol. The molecule has 2 N–H and O–H groups in total. The fourth-order valence-electron chi connectivity index (χ4n) is 3.58. The maximum Gasteiger partial charge on any atom is 0.371 e. The Morgan fingerprint density at radius 3 is 2.76 bits per heavy atom. The van der Waals surface area contributed by atoms with Gasteiger partial charge in [0.25, 0.3) is 5.91 Å². The van der Waals surface area contributed by atoms with Crippen LogP contribution in [0.25, 0.3) is 11.0 Å². The summed E-state index contributed by atoms with van der Waals surface area (Å²) in [5.41, 5.74) is 2.31. The van der Waals surface area contributed by atoms with Crippen molar-refractivity contribution in [3.8, 4) is 5.75 Å². The maximum absolute atomic E-state index is 13.2. The van der Waals surface area contributed by atoms with Crippen molar-refractivity contribution in [1.82, 2.24) is 4.90 Å². The highest BCUT2D eigenvalue weighted by molar-refractivity contribution is 6.02. The second kappa shape index (κ2) is 7.48. The topological polar surface area (TPSA) is 101 Å². The van der Waals surface area contributed by atoms with Crippen LogP contribution in [0.4, 0.5) is 5.69 Å². The molecule has 0 fully saturated rings.